The Hall–Kier alpha value is -1.23. The van der Waals surface area contributed by atoms with Crippen LogP contribution in [-0.4, -0.2) is 5.11 Å². The van der Waals surface area contributed by atoms with Crippen LogP contribution in [0.5, 0.6) is 0 Å². The second-order valence-corrected chi connectivity index (χ2v) is 5.65. The summed E-state index contributed by atoms with van der Waals surface area (Å²) in [5, 5.41) is 12.4. The summed E-state index contributed by atoms with van der Waals surface area (Å²) in [5.74, 6) is -0.364. The lowest BCUT2D eigenvalue weighted by atomic mass is 10.1. The van der Waals surface area contributed by atoms with E-state index in [4.69, 9.17) is 5.11 Å². The third-order valence-corrected chi connectivity index (χ3v) is 3.79. The first kappa shape index (κ1) is 15.2. The molecule has 0 radical (unpaired) electrons. The number of aliphatic hydroxyl groups is 1. The summed E-state index contributed by atoms with van der Waals surface area (Å²) in [6.07, 6.45) is 0. The lowest BCUT2D eigenvalue weighted by molar-refractivity contribution is 0.275. The maximum atomic E-state index is 13.3. The Morgan fingerprint density at radius 3 is 2.55 bits per heavy atom. The quantitative estimate of drug-likeness (QED) is 0.866. The molecule has 0 aromatic heterocycles. The van der Waals surface area contributed by atoms with E-state index < -0.39 is 0 Å². The van der Waals surface area contributed by atoms with Crippen molar-refractivity contribution in [2.75, 3.05) is 0 Å². The molecule has 106 valence electrons. The summed E-state index contributed by atoms with van der Waals surface area (Å²) in [6, 6.07) is 13.2. The van der Waals surface area contributed by atoms with Crippen LogP contribution in [0.1, 0.15) is 29.7 Å². The molecule has 2 aromatic carbocycles. The highest BCUT2D eigenvalue weighted by molar-refractivity contribution is 9.10. The number of halogens is 2. The van der Waals surface area contributed by atoms with E-state index in [9.17, 15) is 4.39 Å². The summed E-state index contributed by atoms with van der Waals surface area (Å²) in [5.41, 5.74) is 2.48. The number of aliphatic hydroxyl groups excluding tert-OH is 1. The van der Waals surface area contributed by atoms with Gasteiger partial charge in [-0.15, -0.1) is 0 Å². The van der Waals surface area contributed by atoms with Gasteiger partial charge >= 0.3 is 0 Å². The van der Waals surface area contributed by atoms with Gasteiger partial charge < -0.3 is 10.4 Å². The molecule has 2 N–H and O–H groups in total. The van der Waals surface area contributed by atoms with Gasteiger partial charge in [0.25, 0.3) is 0 Å². The minimum atomic E-state index is -0.364. The van der Waals surface area contributed by atoms with E-state index in [1.54, 1.807) is 12.1 Å². The molecule has 0 bridgehead atoms. The highest BCUT2D eigenvalue weighted by atomic mass is 79.9. The first-order valence-electron chi connectivity index (χ1n) is 6.47. The minimum Gasteiger partial charge on any atom is -0.392 e. The molecule has 0 aliphatic rings. The Morgan fingerprint density at radius 2 is 1.90 bits per heavy atom. The predicted octanol–water partition coefficient (Wildman–Crippen LogP) is 3.93. The van der Waals surface area contributed by atoms with Crippen molar-refractivity contribution in [1.82, 2.24) is 5.32 Å². The zero-order valence-electron chi connectivity index (χ0n) is 11.2. The van der Waals surface area contributed by atoms with Gasteiger partial charge in [-0.25, -0.2) is 4.39 Å². The van der Waals surface area contributed by atoms with E-state index in [1.165, 1.54) is 11.6 Å². The fourth-order valence-electron chi connectivity index (χ4n) is 2.00. The van der Waals surface area contributed by atoms with Gasteiger partial charge in [-0.05, 0) is 42.3 Å². The number of hydrogen-bond acceptors (Lipinski definition) is 2. The number of rotatable bonds is 5. The molecule has 0 heterocycles. The average molecular weight is 338 g/mol. The second-order valence-electron chi connectivity index (χ2n) is 4.74. The molecule has 2 rings (SSSR count). The molecule has 0 saturated heterocycles. The molecule has 2 aromatic rings. The normalized spacial score (nSPS) is 12.4. The van der Waals surface area contributed by atoms with E-state index in [0.29, 0.717) is 12.1 Å². The smallest absolute Gasteiger partial charge is 0.128 e. The van der Waals surface area contributed by atoms with Crippen LogP contribution >= 0.6 is 15.9 Å². The minimum absolute atomic E-state index is 0.200. The third-order valence-electron chi connectivity index (χ3n) is 3.26. The van der Waals surface area contributed by atoms with Crippen molar-refractivity contribution in [3.8, 4) is 0 Å². The Morgan fingerprint density at radius 1 is 1.20 bits per heavy atom. The largest absolute Gasteiger partial charge is 0.392 e. The van der Waals surface area contributed by atoms with E-state index >= 15 is 0 Å². The van der Waals surface area contributed by atoms with E-state index in [1.807, 2.05) is 12.1 Å². The van der Waals surface area contributed by atoms with Crippen molar-refractivity contribution in [3.63, 3.8) is 0 Å². The summed E-state index contributed by atoms with van der Waals surface area (Å²) in [7, 11) is 0. The Kier molecular flexibility index (Phi) is 5.29. The highest BCUT2D eigenvalue weighted by Crippen LogP contribution is 2.17. The molecule has 1 unspecified atom stereocenters. The zero-order valence-corrected chi connectivity index (χ0v) is 12.8. The zero-order chi connectivity index (χ0) is 14.5. The predicted molar refractivity (Wildman–Crippen MR) is 81.7 cm³/mol. The second kappa shape index (κ2) is 6.97. The molecule has 0 aliphatic heterocycles. The van der Waals surface area contributed by atoms with Crippen molar-refractivity contribution in [2.24, 2.45) is 0 Å². The Bertz CT molecular complexity index is 571. The fourth-order valence-corrected chi connectivity index (χ4v) is 2.26. The Labute approximate surface area is 126 Å². The van der Waals surface area contributed by atoms with Crippen molar-refractivity contribution >= 4 is 15.9 Å². The molecular weight excluding hydrogens is 321 g/mol. The molecule has 20 heavy (non-hydrogen) atoms. The van der Waals surface area contributed by atoms with Gasteiger partial charge in [-0.2, -0.15) is 0 Å². The SMILES string of the molecule is CC(NCc1ccc(F)c(CO)c1)c1ccc(Br)cc1. The topological polar surface area (TPSA) is 32.3 Å². The van der Waals surface area contributed by atoms with Gasteiger partial charge in [0.05, 0.1) is 6.61 Å². The first-order valence-corrected chi connectivity index (χ1v) is 7.26. The van der Waals surface area contributed by atoms with Crippen LogP contribution in [0.2, 0.25) is 0 Å². The van der Waals surface area contributed by atoms with Gasteiger partial charge in [0.1, 0.15) is 5.82 Å². The maximum absolute atomic E-state index is 13.3. The number of hydrogen-bond donors (Lipinski definition) is 2. The number of benzene rings is 2. The van der Waals surface area contributed by atoms with E-state index in [2.05, 4.69) is 40.3 Å². The molecule has 4 heteroatoms. The fraction of sp³-hybridized carbons (Fsp3) is 0.250. The van der Waals surface area contributed by atoms with Gasteiger partial charge in [0, 0.05) is 22.6 Å². The summed E-state index contributed by atoms with van der Waals surface area (Å²) >= 11 is 3.41. The van der Waals surface area contributed by atoms with Crippen LogP contribution in [0, 0.1) is 5.82 Å². The van der Waals surface area contributed by atoms with Crippen molar-refractivity contribution < 1.29 is 9.50 Å². The van der Waals surface area contributed by atoms with Crippen LogP contribution in [0.15, 0.2) is 46.9 Å². The molecule has 0 fully saturated rings. The molecular formula is C16H17BrFNO. The lowest BCUT2D eigenvalue weighted by Gasteiger charge is -2.15. The summed E-state index contributed by atoms with van der Waals surface area (Å²) < 4.78 is 14.3. The van der Waals surface area contributed by atoms with E-state index in [-0.39, 0.29) is 18.5 Å². The summed E-state index contributed by atoms with van der Waals surface area (Å²) in [6.45, 7) is 2.44. The van der Waals surface area contributed by atoms with Gasteiger partial charge in [0.2, 0.25) is 0 Å². The van der Waals surface area contributed by atoms with E-state index in [0.717, 1.165) is 10.0 Å². The standard InChI is InChI=1S/C16H17BrFNO/c1-11(13-3-5-15(17)6-4-13)19-9-12-2-7-16(18)14(8-12)10-20/h2-8,11,19-20H,9-10H2,1H3. The van der Waals surface area contributed by atoms with Crippen LogP contribution in [0.3, 0.4) is 0 Å². The van der Waals surface area contributed by atoms with Crippen LogP contribution in [0.4, 0.5) is 4.39 Å². The Balaban J connectivity index is 1.99. The maximum Gasteiger partial charge on any atom is 0.128 e. The molecule has 1 atom stereocenters. The molecule has 0 spiro atoms. The average Bonchev–Trinajstić information content (AvgIpc) is 2.46. The summed E-state index contributed by atoms with van der Waals surface area (Å²) in [4.78, 5) is 0. The van der Waals surface area contributed by atoms with Gasteiger partial charge in [0.15, 0.2) is 0 Å². The van der Waals surface area contributed by atoms with Crippen LogP contribution < -0.4 is 5.32 Å². The third kappa shape index (κ3) is 3.88. The van der Waals surface area contributed by atoms with Crippen molar-refractivity contribution in [2.45, 2.75) is 26.1 Å². The molecule has 0 saturated carbocycles. The molecule has 2 nitrogen and oxygen atoms in total. The monoisotopic (exact) mass is 337 g/mol. The van der Waals surface area contributed by atoms with Gasteiger partial charge in [-0.3, -0.25) is 0 Å². The van der Waals surface area contributed by atoms with Crippen molar-refractivity contribution in [1.29, 1.82) is 0 Å². The van der Waals surface area contributed by atoms with Gasteiger partial charge in [-0.1, -0.05) is 34.1 Å². The van der Waals surface area contributed by atoms with Crippen LogP contribution in [0.25, 0.3) is 0 Å². The molecule has 0 amide bonds. The van der Waals surface area contributed by atoms with Crippen molar-refractivity contribution in [3.05, 3.63) is 69.4 Å². The molecule has 0 aliphatic carbocycles. The number of nitrogens with one attached hydrogen (secondary N) is 1. The van der Waals surface area contributed by atoms with Crippen LogP contribution in [-0.2, 0) is 13.2 Å². The highest BCUT2D eigenvalue weighted by Gasteiger charge is 2.06. The first-order chi connectivity index (χ1) is 9.60. The lowest BCUT2D eigenvalue weighted by Crippen LogP contribution is -2.18.